The van der Waals surface area contributed by atoms with Crippen LogP contribution in [0.2, 0.25) is 0 Å². The Labute approximate surface area is 133 Å². The third-order valence-corrected chi connectivity index (χ3v) is 4.10. The Hall–Kier alpha value is -2.56. The second-order valence-electron chi connectivity index (χ2n) is 6.00. The van der Waals surface area contributed by atoms with Crippen LogP contribution in [0.3, 0.4) is 0 Å². The number of nitrogens with one attached hydrogen (secondary N) is 1. The number of aryl methyl sites for hydroxylation is 1. The fourth-order valence-electron chi connectivity index (χ4n) is 2.67. The second kappa shape index (κ2) is 5.91. The second-order valence-corrected chi connectivity index (χ2v) is 6.00. The summed E-state index contributed by atoms with van der Waals surface area (Å²) in [6.07, 6.45) is 3.88. The number of rotatable bonds is 6. The molecule has 0 saturated heterocycles. The fourth-order valence-corrected chi connectivity index (χ4v) is 2.67. The van der Waals surface area contributed by atoms with Crippen molar-refractivity contribution >= 4 is 16.9 Å². The number of amides is 1. The van der Waals surface area contributed by atoms with Gasteiger partial charge in [0.2, 0.25) is 0 Å². The number of fused-ring (bicyclic) bond motifs is 1. The molecule has 4 rings (SSSR count). The molecule has 1 aliphatic carbocycles. The molecule has 1 amide bonds. The van der Waals surface area contributed by atoms with Crippen LogP contribution in [0.15, 0.2) is 45.3 Å². The average Bonchev–Trinajstić information content (AvgIpc) is 3.14. The molecule has 118 valence electrons. The van der Waals surface area contributed by atoms with Crippen molar-refractivity contribution < 1.29 is 13.7 Å². The van der Waals surface area contributed by atoms with Gasteiger partial charge >= 0.3 is 0 Å². The van der Waals surface area contributed by atoms with Gasteiger partial charge in [-0.25, -0.2) is 0 Å². The Morgan fingerprint density at radius 3 is 2.96 bits per heavy atom. The third kappa shape index (κ3) is 3.13. The van der Waals surface area contributed by atoms with Crippen LogP contribution in [0.4, 0.5) is 0 Å². The molecule has 1 aromatic carbocycles. The molecule has 2 aromatic heterocycles. The number of hydrogen-bond donors (Lipinski definition) is 1. The van der Waals surface area contributed by atoms with Gasteiger partial charge < -0.3 is 14.3 Å². The molecule has 3 aromatic rings. The van der Waals surface area contributed by atoms with Gasteiger partial charge in [0.1, 0.15) is 17.1 Å². The fraction of sp³-hybridized carbons (Fsp3) is 0.333. The lowest BCUT2D eigenvalue weighted by molar-refractivity contribution is 0.0944. The Balaban J connectivity index is 1.26. The van der Waals surface area contributed by atoms with Gasteiger partial charge in [0.25, 0.3) is 5.91 Å². The summed E-state index contributed by atoms with van der Waals surface area (Å²) in [5.74, 6) is 2.07. The summed E-state index contributed by atoms with van der Waals surface area (Å²) in [5, 5.41) is 7.82. The molecule has 2 heterocycles. The topological polar surface area (TPSA) is 68.3 Å². The normalized spacial score (nSPS) is 14.3. The van der Waals surface area contributed by atoms with Crippen LogP contribution < -0.4 is 5.32 Å². The Kier molecular flexibility index (Phi) is 3.61. The van der Waals surface area contributed by atoms with E-state index in [1.54, 1.807) is 6.07 Å². The maximum absolute atomic E-state index is 12.0. The highest BCUT2D eigenvalue weighted by Gasteiger charge is 2.28. The van der Waals surface area contributed by atoms with Crippen LogP contribution in [0.1, 0.15) is 47.2 Å². The third-order valence-electron chi connectivity index (χ3n) is 4.10. The Morgan fingerprint density at radius 2 is 2.13 bits per heavy atom. The number of carbonyl (C=O) groups is 1. The standard InChI is InChI=1S/C18H18N2O3/c21-18(15-11-17(23-20-15)12-7-8-12)19-9-3-5-14-10-13-4-1-2-6-16(13)22-14/h1-2,4,6,10-12H,3,5,7-9H2,(H,19,21). The van der Waals surface area contributed by atoms with E-state index in [0.717, 1.165) is 48.2 Å². The van der Waals surface area contributed by atoms with E-state index in [9.17, 15) is 4.79 Å². The molecule has 0 atom stereocenters. The van der Waals surface area contributed by atoms with Crippen molar-refractivity contribution in [3.8, 4) is 0 Å². The molecule has 1 saturated carbocycles. The number of hydrogen-bond acceptors (Lipinski definition) is 4. The number of carbonyl (C=O) groups excluding carboxylic acids is 1. The zero-order valence-electron chi connectivity index (χ0n) is 12.7. The average molecular weight is 310 g/mol. The van der Waals surface area contributed by atoms with Crippen LogP contribution >= 0.6 is 0 Å². The van der Waals surface area contributed by atoms with E-state index in [2.05, 4.69) is 16.5 Å². The van der Waals surface area contributed by atoms with Crippen molar-refractivity contribution in [2.45, 2.75) is 31.6 Å². The smallest absolute Gasteiger partial charge is 0.273 e. The predicted octanol–water partition coefficient (Wildman–Crippen LogP) is 3.66. The van der Waals surface area contributed by atoms with Gasteiger partial charge in [0.15, 0.2) is 5.69 Å². The van der Waals surface area contributed by atoms with E-state index in [1.165, 1.54) is 0 Å². The van der Waals surface area contributed by atoms with Crippen molar-refractivity contribution in [3.05, 3.63) is 53.6 Å². The van der Waals surface area contributed by atoms with E-state index < -0.39 is 0 Å². The molecular weight excluding hydrogens is 292 g/mol. The van der Waals surface area contributed by atoms with E-state index in [-0.39, 0.29) is 5.91 Å². The van der Waals surface area contributed by atoms with E-state index in [0.29, 0.717) is 18.2 Å². The molecule has 5 heteroatoms. The van der Waals surface area contributed by atoms with Crippen LogP contribution in [-0.2, 0) is 6.42 Å². The minimum Gasteiger partial charge on any atom is -0.461 e. The molecule has 0 bridgehead atoms. The monoisotopic (exact) mass is 310 g/mol. The summed E-state index contributed by atoms with van der Waals surface area (Å²) in [4.78, 5) is 12.0. The highest BCUT2D eigenvalue weighted by atomic mass is 16.5. The minimum atomic E-state index is -0.176. The Bertz CT molecular complexity index is 797. The van der Waals surface area contributed by atoms with Gasteiger partial charge in [-0.2, -0.15) is 0 Å². The summed E-state index contributed by atoms with van der Waals surface area (Å²) in [5.41, 5.74) is 1.28. The van der Waals surface area contributed by atoms with Gasteiger partial charge in [-0.15, -0.1) is 0 Å². The van der Waals surface area contributed by atoms with Crippen molar-refractivity contribution in [2.75, 3.05) is 6.54 Å². The first-order chi connectivity index (χ1) is 11.3. The zero-order chi connectivity index (χ0) is 15.6. The summed E-state index contributed by atoms with van der Waals surface area (Å²) < 4.78 is 10.9. The van der Waals surface area contributed by atoms with Crippen molar-refractivity contribution in [3.63, 3.8) is 0 Å². The van der Waals surface area contributed by atoms with Crippen molar-refractivity contribution in [1.82, 2.24) is 10.5 Å². The lowest BCUT2D eigenvalue weighted by Crippen LogP contribution is -2.25. The van der Waals surface area contributed by atoms with Crippen molar-refractivity contribution in [2.24, 2.45) is 0 Å². The van der Waals surface area contributed by atoms with Crippen LogP contribution in [0.25, 0.3) is 11.0 Å². The number of nitrogens with zero attached hydrogens (tertiary/aromatic N) is 1. The Morgan fingerprint density at radius 1 is 1.26 bits per heavy atom. The number of benzene rings is 1. The maximum Gasteiger partial charge on any atom is 0.273 e. The highest BCUT2D eigenvalue weighted by Crippen LogP contribution is 2.40. The molecule has 1 aliphatic rings. The first-order valence-electron chi connectivity index (χ1n) is 8.02. The number of furan rings is 1. The van der Waals surface area contributed by atoms with E-state index in [4.69, 9.17) is 8.94 Å². The van der Waals surface area contributed by atoms with Crippen LogP contribution in [-0.4, -0.2) is 17.6 Å². The quantitative estimate of drug-likeness (QED) is 0.705. The first kappa shape index (κ1) is 14.1. The van der Waals surface area contributed by atoms with Crippen molar-refractivity contribution in [1.29, 1.82) is 0 Å². The predicted molar refractivity (Wildman–Crippen MR) is 85.3 cm³/mol. The molecular formula is C18H18N2O3. The largest absolute Gasteiger partial charge is 0.461 e. The zero-order valence-corrected chi connectivity index (χ0v) is 12.7. The summed E-state index contributed by atoms with van der Waals surface area (Å²) in [6.45, 7) is 0.585. The molecule has 5 nitrogen and oxygen atoms in total. The van der Waals surface area contributed by atoms with E-state index >= 15 is 0 Å². The number of para-hydroxylation sites is 1. The molecule has 23 heavy (non-hydrogen) atoms. The lowest BCUT2D eigenvalue weighted by atomic mass is 10.2. The number of aromatic nitrogens is 1. The van der Waals surface area contributed by atoms with Gasteiger partial charge in [0.05, 0.1) is 0 Å². The molecule has 0 unspecified atom stereocenters. The van der Waals surface area contributed by atoms with Gasteiger partial charge in [-0.05, 0) is 31.4 Å². The minimum absolute atomic E-state index is 0.176. The maximum atomic E-state index is 12.0. The lowest BCUT2D eigenvalue weighted by Gasteiger charge is -2.01. The van der Waals surface area contributed by atoms with Gasteiger partial charge in [-0.3, -0.25) is 4.79 Å². The SMILES string of the molecule is O=C(NCCCc1cc2ccccc2o1)c1cc(C2CC2)on1. The highest BCUT2D eigenvalue weighted by molar-refractivity contribution is 5.92. The van der Waals surface area contributed by atoms with Crippen LogP contribution in [0.5, 0.6) is 0 Å². The molecule has 1 N–H and O–H groups in total. The molecule has 1 fully saturated rings. The summed E-state index contributed by atoms with van der Waals surface area (Å²) in [6, 6.07) is 11.8. The summed E-state index contributed by atoms with van der Waals surface area (Å²) >= 11 is 0. The van der Waals surface area contributed by atoms with E-state index in [1.807, 2.05) is 24.3 Å². The van der Waals surface area contributed by atoms with Gasteiger partial charge in [0, 0.05) is 30.3 Å². The molecule has 0 radical (unpaired) electrons. The molecule has 0 aliphatic heterocycles. The summed E-state index contributed by atoms with van der Waals surface area (Å²) in [7, 11) is 0. The first-order valence-corrected chi connectivity index (χ1v) is 8.02. The molecule has 0 spiro atoms. The van der Waals surface area contributed by atoms with Crippen LogP contribution in [0, 0.1) is 0 Å². The van der Waals surface area contributed by atoms with Gasteiger partial charge in [-0.1, -0.05) is 23.4 Å².